The van der Waals surface area contributed by atoms with Crippen LogP contribution in [0.25, 0.3) is 0 Å². The van der Waals surface area contributed by atoms with Crippen molar-refractivity contribution in [3.8, 4) is 0 Å². The summed E-state index contributed by atoms with van der Waals surface area (Å²) in [5.41, 5.74) is 0. The van der Waals surface area contributed by atoms with Crippen LogP contribution in [0.3, 0.4) is 0 Å². The molecule has 0 saturated heterocycles. The first-order valence-corrected chi connectivity index (χ1v) is 4.94. The van der Waals surface area contributed by atoms with Gasteiger partial charge in [-0.25, -0.2) is 0 Å². The molecule has 0 aromatic carbocycles. The minimum absolute atomic E-state index is 0.129. The van der Waals surface area contributed by atoms with Crippen molar-refractivity contribution in [3.63, 3.8) is 0 Å². The zero-order valence-electron chi connectivity index (χ0n) is 9.51. The molecule has 2 amide bonds. The van der Waals surface area contributed by atoms with E-state index in [1.165, 1.54) is 4.90 Å². The molecule has 0 radical (unpaired) electrons. The molecular weight excluding hydrogens is 211 g/mol. The van der Waals surface area contributed by atoms with E-state index in [-0.39, 0.29) is 24.9 Å². The van der Waals surface area contributed by atoms with E-state index in [0.29, 0.717) is 0 Å². The first kappa shape index (κ1) is 14.7. The summed E-state index contributed by atoms with van der Waals surface area (Å²) in [7, 11) is -1.59. The number of rotatable bonds is 6. The highest BCUT2D eigenvalue weighted by atomic mass is 16.4. The molecule has 0 aliphatic heterocycles. The first-order chi connectivity index (χ1) is 7.38. The predicted octanol–water partition coefficient (Wildman–Crippen LogP) is -1.46. The molecule has 0 saturated carbocycles. The number of nitrogens with one attached hydrogen (secondary N) is 1. The highest BCUT2D eigenvalue weighted by Gasteiger charge is 2.18. The second kappa shape index (κ2) is 7.02. The maximum Gasteiger partial charge on any atom is 0.472 e. The van der Waals surface area contributed by atoms with Crippen LogP contribution in [-0.2, 0) is 9.59 Å². The van der Waals surface area contributed by atoms with Crippen molar-refractivity contribution in [2.24, 2.45) is 0 Å². The number of hydrogen-bond donors (Lipinski definition) is 3. The third-order valence-electron chi connectivity index (χ3n) is 1.88. The van der Waals surface area contributed by atoms with Gasteiger partial charge in [0.15, 0.2) is 0 Å². The Balaban J connectivity index is 4.24. The summed E-state index contributed by atoms with van der Waals surface area (Å²) in [5, 5.41) is 19.4. The van der Waals surface area contributed by atoms with Crippen LogP contribution in [0.15, 0.2) is 12.7 Å². The second-order valence-electron chi connectivity index (χ2n) is 3.55. The topological polar surface area (TPSA) is 89.9 Å². The van der Waals surface area contributed by atoms with E-state index in [1.54, 1.807) is 13.8 Å². The van der Waals surface area contributed by atoms with Gasteiger partial charge in [0.05, 0.1) is 6.44 Å². The lowest BCUT2D eigenvalue weighted by molar-refractivity contribution is -0.133. The molecule has 0 bridgehead atoms. The standard InChI is InChI=1S/C9H17BN2O4/c1-4-9(14)12(7(2)3)5-8(13)11-6-10(15)16/h4,7,15-16H,1,5-6H2,2-3H3,(H,11,13). The first-order valence-electron chi connectivity index (χ1n) is 4.94. The van der Waals surface area contributed by atoms with Crippen molar-refractivity contribution in [3.05, 3.63) is 12.7 Å². The van der Waals surface area contributed by atoms with Gasteiger partial charge < -0.3 is 20.3 Å². The van der Waals surface area contributed by atoms with Gasteiger partial charge in [-0.1, -0.05) is 6.58 Å². The molecule has 3 N–H and O–H groups in total. The van der Waals surface area contributed by atoms with E-state index in [4.69, 9.17) is 10.0 Å². The van der Waals surface area contributed by atoms with Crippen LogP contribution in [-0.4, -0.2) is 52.9 Å². The van der Waals surface area contributed by atoms with Gasteiger partial charge in [0, 0.05) is 6.04 Å². The average Bonchev–Trinajstić information content (AvgIpc) is 2.21. The molecular formula is C9H17BN2O4. The van der Waals surface area contributed by atoms with Gasteiger partial charge in [-0.3, -0.25) is 9.59 Å². The van der Waals surface area contributed by atoms with Crippen molar-refractivity contribution in [2.75, 3.05) is 13.0 Å². The Morgan fingerprint density at radius 1 is 1.50 bits per heavy atom. The van der Waals surface area contributed by atoms with Crippen molar-refractivity contribution in [2.45, 2.75) is 19.9 Å². The van der Waals surface area contributed by atoms with E-state index in [9.17, 15) is 9.59 Å². The van der Waals surface area contributed by atoms with Crippen LogP contribution >= 0.6 is 0 Å². The molecule has 0 aliphatic rings. The Labute approximate surface area is 95.1 Å². The molecule has 0 spiro atoms. The molecule has 0 heterocycles. The zero-order chi connectivity index (χ0) is 12.7. The third kappa shape index (κ3) is 5.52. The molecule has 0 atom stereocenters. The molecule has 7 heteroatoms. The molecule has 90 valence electrons. The summed E-state index contributed by atoms with van der Waals surface area (Å²) in [6.07, 6.45) is 0.876. The van der Waals surface area contributed by atoms with E-state index in [0.717, 1.165) is 6.08 Å². The quantitative estimate of drug-likeness (QED) is 0.382. The fourth-order valence-electron chi connectivity index (χ4n) is 1.05. The Morgan fingerprint density at radius 2 is 2.06 bits per heavy atom. The Morgan fingerprint density at radius 3 is 2.44 bits per heavy atom. The van der Waals surface area contributed by atoms with Crippen LogP contribution in [0.5, 0.6) is 0 Å². The van der Waals surface area contributed by atoms with E-state index < -0.39 is 13.0 Å². The van der Waals surface area contributed by atoms with Gasteiger partial charge in [-0.2, -0.15) is 0 Å². The number of carbonyl (C=O) groups is 2. The summed E-state index contributed by atoms with van der Waals surface area (Å²) >= 11 is 0. The van der Waals surface area contributed by atoms with E-state index >= 15 is 0 Å². The monoisotopic (exact) mass is 228 g/mol. The Kier molecular flexibility index (Phi) is 6.44. The van der Waals surface area contributed by atoms with Gasteiger partial charge in [0.25, 0.3) is 0 Å². The van der Waals surface area contributed by atoms with Crippen molar-refractivity contribution >= 4 is 18.9 Å². The lowest BCUT2D eigenvalue weighted by atomic mass is 9.92. The number of amides is 2. The SMILES string of the molecule is C=CC(=O)N(CC(=O)NCB(O)O)C(C)C. The van der Waals surface area contributed by atoms with Gasteiger partial charge in [0.2, 0.25) is 11.8 Å². The minimum atomic E-state index is -1.59. The van der Waals surface area contributed by atoms with Crippen LogP contribution < -0.4 is 5.32 Å². The normalized spacial score (nSPS) is 9.81. The summed E-state index contributed by atoms with van der Waals surface area (Å²) in [6.45, 7) is 6.76. The molecule has 0 aromatic heterocycles. The highest BCUT2D eigenvalue weighted by Crippen LogP contribution is 1.99. The van der Waals surface area contributed by atoms with E-state index in [1.807, 2.05) is 0 Å². The number of carbonyl (C=O) groups excluding carboxylic acids is 2. The maximum absolute atomic E-state index is 11.4. The van der Waals surface area contributed by atoms with Crippen LogP contribution in [0.4, 0.5) is 0 Å². The summed E-state index contributed by atoms with van der Waals surface area (Å²) in [5.74, 6) is -0.785. The van der Waals surface area contributed by atoms with Gasteiger partial charge in [-0.15, -0.1) is 0 Å². The summed E-state index contributed by atoms with van der Waals surface area (Å²) < 4.78 is 0. The molecule has 6 nitrogen and oxygen atoms in total. The van der Waals surface area contributed by atoms with Crippen molar-refractivity contribution in [1.29, 1.82) is 0 Å². The smallest absolute Gasteiger partial charge is 0.426 e. The lowest BCUT2D eigenvalue weighted by Crippen LogP contribution is -2.45. The predicted molar refractivity (Wildman–Crippen MR) is 60.2 cm³/mol. The van der Waals surface area contributed by atoms with Gasteiger partial charge in [-0.05, 0) is 19.9 Å². The van der Waals surface area contributed by atoms with Gasteiger partial charge in [0.1, 0.15) is 6.54 Å². The lowest BCUT2D eigenvalue weighted by Gasteiger charge is -2.24. The van der Waals surface area contributed by atoms with Crippen LogP contribution in [0.1, 0.15) is 13.8 Å². The average molecular weight is 228 g/mol. The minimum Gasteiger partial charge on any atom is -0.426 e. The Hall–Kier alpha value is -1.34. The zero-order valence-corrected chi connectivity index (χ0v) is 9.51. The highest BCUT2D eigenvalue weighted by molar-refractivity contribution is 6.41. The Bertz CT molecular complexity index is 268. The fourth-order valence-corrected chi connectivity index (χ4v) is 1.05. The van der Waals surface area contributed by atoms with Gasteiger partial charge >= 0.3 is 7.12 Å². The number of hydrogen-bond acceptors (Lipinski definition) is 4. The molecule has 16 heavy (non-hydrogen) atoms. The molecule has 0 rings (SSSR count). The third-order valence-corrected chi connectivity index (χ3v) is 1.88. The molecule has 0 aromatic rings. The van der Waals surface area contributed by atoms with Crippen molar-refractivity contribution < 1.29 is 19.6 Å². The molecule has 0 unspecified atom stereocenters. The van der Waals surface area contributed by atoms with E-state index in [2.05, 4.69) is 11.9 Å². The van der Waals surface area contributed by atoms with Crippen LogP contribution in [0.2, 0.25) is 0 Å². The molecule has 0 fully saturated rings. The maximum atomic E-state index is 11.4. The molecule has 0 aliphatic carbocycles. The summed E-state index contributed by atoms with van der Waals surface area (Å²) in [4.78, 5) is 24.0. The summed E-state index contributed by atoms with van der Waals surface area (Å²) in [6, 6.07) is -0.129. The largest absolute Gasteiger partial charge is 0.472 e. The number of nitrogens with zero attached hydrogens (tertiary/aromatic N) is 1. The fraction of sp³-hybridized carbons (Fsp3) is 0.556. The van der Waals surface area contributed by atoms with Crippen molar-refractivity contribution in [1.82, 2.24) is 10.2 Å². The van der Waals surface area contributed by atoms with Crippen LogP contribution in [0, 0.1) is 0 Å². The second-order valence-corrected chi connectivity index (χ2v) is 3.55.